The van der Waals surface area contributed by atoms with Crippen molar-refractivity contribution < 1.29 is 14.6 Å². The van der Waals surface area contributed by atoms with Crippen molar-refractivity contribution in [3.8, 4) is 11.5 Å². The second kappa shape index (κ2) is 7.33. The Morgan fingerprint density at radius 1 is 1.28 bits per heavy atom. The lowest BCUT2D eigenvalue weighted by molar-refractivity contribution is -0.115. The molecule has 2 aromatic rings. The van der Waals surface area contributed by atoms with Gasteiger partial charge in [-0.05, 0) is 76.1 Å². The number of phenolic OH excluding ortho intramolecular Hbond substituents is 1. The Balaban J connectivity index is 1.88. The van der Waals surface area contributed by atoms with Crippen LogP contribution < -0.4 is 10.1 Å². The summed E-state index contributed by atoms with van der Waals surface area (Å²) in [6.45, 7) is 1.97. The number of aromatic hydroxyl groups is 1. The van der Waals surface area contributed by atoms with Gasteiger partial charge in [-0.1, -0.05) is 12.1 Å². The molecule has 0 spiro atoms. The number of aliphatic imine (C=N–C) groups is 1. The van der Waals surface area contributed by atoms with Crippen LogP contribution in [0.1, 0.15) is 11.1 Å². The van der Waals surface area contributed by atoms with Crippen molar-refractivity contribution in [2.75, 3.05) is 7.11 Å². The minimum Gasteiger partial charge on any atom is -0.507 e. The van der Waals surface area contributed by atoms with Gasteiger partial charge in [-0.25, -0.2) is 4.99 Å². The molecule has 0 atom stereocenters. The normalized spacial score (nSPS) is 17.2. The zero-order valence-electron chi connectivity index (χ0n) is 13.5. The molecule has 5 nitrogen and oxygen atoms in total. The SMILES string of the molecule is COc1ccc(C)cc1N=C1NC(=O)/C(=C/c2ccc(O)c(Br)c2)S1. The van der Waals surface area contributed by atoms with Crippen LogP contribution in [0.15, 0.2) is 50.8 Å². The standard InChI is InChI=1S/C18H15BrN2O3S/c1-10-3-6-15(24-2)13(7-10)20-18-21-17(23)16(25-18)9-11-4-5-14(22)12(19)8-11/h3-9,22H,1-2H3,(H,20,21,23)/b16-9-. The van der Waals surface area contributed by atoms with Gasteiger partial charge < -0.3 is 15.2 Å². The lowest BCUT2D eigenvalue weighted by Crippen LogP contribution is -2.19. The van der Waals surface area contributed by atoms with Gasteiger partial charge in [0.1, 0.15) is 17.2 Å². The Hall–Kier alpha value is -2.25. The molecular formula is C18H15BrN2O3S. The van der Waals surface area contributed by atoms with E-state index in [-0.39, 0.29) is 11.7 Å². The number of nitrogens with zero attached hydrogens (tertiary/aromatic N) is 1. The molecule has 1 aliphatic heterocycles. The summed E-state index contributed by atoms with van der Waals surface area (Å²) in [7, 11) is 1.59. The number of carbonyl (C=O) groups is 1. The number of rotatable bonds is 3. The first-order valence-electron chi connectivity index (χ1n) is 7.39. The van der Waals surface area contributed by atoms with E-state index in [9.17, 15) is 9.90 Å². The zero-order chi connectivity index (χ0) is 18.0. The van der Waals surface area contributed by atoms with Gasteiger partial charge in [0.15, 0.2) is 5.17 Å². The fourth-order valence-electron chi connectivity index (χ4n) is 2.24. The van der Waals surface area contributed by atoms with Crippen molar-refractivity contribution in [1.29, 1.82) is 0 Å². The molecule has 0 bridgehead atoms. The van der Waals surface area contributed by atoms with E-state index in [1.807, 2.05) is 25.1 Å². The third kappa shape index (κ3) is 4.05. The van der Waals surface area contributed by atoms with Gasteiger partial charge >= 0.3 is 0 Å². The third-order valence-electron chi connectivity index (χ3n) is 3.48. The van der Waals surface area contributed by atoms with E-state index >= 15 is 0 Å². The summed E-state index contributed by atoms with van der Waals surface area (Å²) in [6.07, 6.45) is 1.75. The minimum absolute atomic E-state index is 0.152. The number of amides is 1. The summed E-state index contributed by atoms with van der Waals surface area (Å²) in [5.74, 6) is 0.590. The van der Waals surface area contributed by atoms with Crippen molar-refractivity contribution in [1.82, 2.24) is 5.32 Å². The lowest BCUT2D eigenvalue weighted by atomic mass is 10.2. The van der Waals surface area contributed by atoms with Gasteiger partial charge in [-0.3, -0.25) is 4.79 Å². The van der Waals surface area contributed by atoms with Crippen molar-refractivity contribution >= 4 is 50.5 Å². The predicted molar refractivity (Wildman–Crippen MR) is 104 cm³/mol. The summed E-state index contributed by atoms with van der Waals surface area (Å²) in [5, 5.41) is 12.8. The number of methoxy groups -OCH3 is 1. The maximum Gasteiger partial charge on any atom is 0.264 e. The molecule has 1 heterocycles. The van der Waals surface area contributed by atoms with Gasteiger partial charge in [0.2, 0.25) is 0 Å². The Morgan fingerprint density at radius 3 is 2.80 bits per heavy atom. The van der Waals surface area contributed by atoms with Crippen LogP contribution in [-0.4, -0.2) is 23.3 Å². The molecule has 0 radical (unpaired) electrons. The van der Waals surface area contributed by atoms with Crippen LogP contribution in [0.4, 0.5) is 5.69 Å². The number of halogens is 1. The second-order valence-electron chi connectivity index (χ2n) is 5.37. The van der Waals surface area contributed by atoms with Gasteiger partial charge in [-0.2, -0.15) is 0 Å². The number of hydrogen-bond acceptors (Lipinski definition) is 5. The van der Waals surface area contributed by atoms with E-state index in [1.54, 1.807) is 31.4 Å². The predicted octanol–water partition coefficient (Wildman–Crippen LogP) is 4.36. The molecule has 1 amide bonds. The van der Waals surface area contributed by atoms with E-state index in [0.717, 1.165) is 11.1 Å². The first-order chi connectivity index (χ1) is 12.0. The molecule has 0 aromatic heterocycles. The van der Waals surface area contributed by atoms with Crippen molar-refractivity contribution in [3.05, 3.63) is 56.9 Å². The van der Waals surface area contributed by atoms with Crippen molar-refractivity contribution in [2.45, 2.75) is 6.92 Å². The third-order valence-corrected chi connectivity index (χ3v) is 5.02. The monoisotopic (exact) mass is 418 g/mol. The summed E-state index contributed by atoms with van der Waals surface area (Å²) in [6, 6.07) is 10.7. The molecule has 0 saturated carbocycles. The number of aryl methyl sites for hydroxylation is 1. The largest absolute Gasteiger partial charge is 0.507 e. The van der Waals surface area contributed by atoms with Gasteiger partial charge in [0, 0.05) is 0 Å². The Morgan fingerprint density at radius 2 is 2.08 bits per heavy atom. The maximum absolute atomic E-state index is 12.2. The highest BCUT2D eigenvalue weighted by Crippen LogP contribution is 2.33. The van der Waals surface area contributed by atoms with Crippen LogP contribution >= 0.6 is 27.7 Å². The minimum atomic E-state index is -0.209. The van der Waals surface area contributed by atoms with E-state index in [1.165, 1.54) is 11.8 Å². The molecule has 1 saturated heterocycles. The smallest absolute Gasteiger partial charge is 0.264 e. The fraction of sp³-hybridized carbons (Fsp3) is 0.111. The van der Waals surface area contributed by atoms with Gasteiger partial charge in [-0.15, -0.1) is 0 Å². The number of carbonyl (C=O) groups excluding carboxylic acids is 1. The van der Waals surface area contributed by atoms with Crippen LogP contribution in [-0.2, 0) is 4.79 Å². The topological polar surface area (TPSA) is 70.9 Å². The molecule has 3 rings (SSSR count). The van der Waals surface area contributed by atoms with Crippen LogP contribution in [0, 0.1) is 6.92 Å². The van der Waals surface area contributed by atoms with Crippen LogP contribution in [0.25, 0.3) is 6.08 Å². The Labute approximate surface area is 157 Å². The highest BCUT2D eigenvalue weighted by molar-refractivity contribution is 9.10. The quantitative estimate of drug-likeness (QED) is 0.726. The summed E-state index contributed by atoms with van der Waals surface area (Å²) >= 11 is 4.53. The lowest BCUT2D eigenvalue weighted by Gasteiger charge is -2.05. The number of phenols is 1. The first-order valence-corrected chi connectivity index (χ1v) is 9.00. The highest BCUT2D eigenvalue weighted by Gasteiger charge is 2.24. The highest BCUT2D eigenvalue weighted by atomic mass is 79.9. The zero-order valence-corrected chi connectivity index (χ0v) is 15.9. The van der Waals surface area contributed by atoms with Gasteiger partial charge in [0.25, 0.3) is 5.91 Å². The number of nitrogens with one attached hydrogen (secondary N) is 1. The average molecular weight is 419 g/mol. The van der Waals surface area contributed by atoms with Gasteiger partial charge in [0.05, 0.1) is 16.5 Å². The number of thioether (sulfide) groups is 1. The molecule has 0 aliphatic carbocycles. The van der Waals surface area contributed by atoms with E-state index in [4.69, 9.17) is 4.74 Å². The Bertz CT molecular complexity index is 909. The number of amidine groups is 1. The van der Waals surface area contributed by atoms with E-state index < -0.39 is 0 Å². The van der Waals surface area contributed by atoms with Crippen molar-refractivity contribution in [2.24, 2.45) is 4.99 Å². The summed E-state index contributed by atoms with van der Waals surface area (Å²) in [5.41, 5.74) is 2.52. The van der Waals surface area contributed by atoms with E-state index in [0.29, 0.717) is 26.0 Å². The molecule has 0 unspecified atom stereocenters. The molecule has 1 aliphatic rings. The van der Waals surface area contributed by atoms with Crippen molar-refractivity contribution in [3.63, 3.8) is 0 Å². The Kier molecular flexibility index (Phi) is 5.15. The summed E-state index contributed by atoms with van der Waals surface area (Å²) < 4.78 is 5.88. The second-order valence-corrected chi connectivity index (χ2v) is 7.25. The van der Waals surface area contributed by atoms with Crippen LogP contribution in [0.5, 0.6) is 11.5 Å². The molecular weight excluding hydrogens is 404 g/mol. The van der Waals surface area contributed by atoms with Crippen LogP contribution in [0.3, 0.4) is 0 Å². The molecule has 1 fully saturated rings. The average Bonchev–Trinajstić information content (AvgIpc) is 2.90. The molecule has 128 valence electrons. The molecule has 2 aromatic carbocycles. The van der Waals surface area contributed by atoms with E-state index in [2.05, 4.69) is 26.2 Å². The van der Waals surface area contributed by atoms with Crippen LogP contribution in [0.2, 0.25) is 0 Å². The fourth-order valence-corrected chi connectivity index (χ4v) is 3.47. The first kappa shape index (κ1) is 17.6. The molecule has 7 heteroatoms. The maximum atomic E-state index is 12.2. The molecule has 25 heavy (non-hydrogen) atoms. The number of ether oxygens (including phenoxy) is 1. The number of hydrogen-bond donors (Lipinski definition) is 2. The number of benzene rings is 2. The summed E-state index contributed by atoms with van der Waals surface area (Å²) in [4.78, 5) is 17.2. The molecule has 2 N–H and O–H groups in total.